The maximum atomic E-state index is 12.4. The highest BCUT2D eigenvalue weighted by Crippen LogP contribution is 2.35. The predicted molar refractivity (Wildman–Crippen MR) is 98.5 cm³/mol. The minimum absolute atomic E-state index is 0.0357. The minimum Gasteiger partial charge on any atom is -0.482 e. The molecular weight excluding hydrogens is 340 g/mol. The summed E-state index contributed by atoms with van der Waals surface area (Å²) in [6.45, 7) is 4.73. The maximum absolute atomic E-state index is 12.4. The fourth-order valence-corrected chi connectivity index (χ4v) is 2.87. The third kappa shape index (κ3) is 3.94. The highest BCUT2D eigenvalue weighted by molar-refractivity contribution is 6.31. The molecule has 0 aliphatic carbocycles. The van der Waals surface area contributed by atoms with Crippen molar-refractivity contribution in [3.05, 3.63) is 53.1 Å². The molecule has 0 bridgehead atoms. The SMILES string of the molecule is CC(C)CN1C(=O)COc2ccc(NC(=O)c3cccc(Cl)c3)cc21. The molecule has 25 heavy (non-hydrogen) atoms. The lowest BCUT2D eigenvalue weighted by Crippen LogP contribution is -2.41. The largest absolute Gasteiger partial charge is 0.482 e. The second-order valence-corrected chi connectivity index (χ2v) is 6.77. The number of amides is 2. The van der Waals surface area contributed by atoms with Gasteiger partial charge >= 0.3 is 0 Å². The summed E-state index contributed by atoms with van der Waals surface area (Å²) in [6, 6.07) is 12.0. The van der Waals surface area contributed by atoms with Crippen molar-refractivity contribution in [1.82, 2.24) is 0 Å². The van der Waals surface area contributed by atoms with Crippen molar-refractivity contribution in [2.45, 2.75) is 13.8 Å². The monoisotopic (exact) mass is 358 g/mol. The van der Waals surface area contributed by atoms with E-state index in [1.54, 1.807) is 47.4 Å². The van der Waals surface area contributed by atoms with Gasteiger partial charge in [-0.05, 0) is 42.3 Å². The van der Waals surface area contributed by atoms with E-state index >= 15 is 0 Å². The summed E-state index contributed by atoms with van der Waals surface area (Å²) in [5.74, 6) is 0.612. The fourth-order valence-electron chi connectivity index (χ4n) is 2.68. The number of carbonyl (C=O) groups excluding carboxylic acids is 2. The first-order chi connectivity index (χ1) is 11.9. The quantitative estimate of drug-likeness (QED) is 0.899. The Balaban J connectivity index is 1.86. The minimum atomic E-state index is -0.263. The molecule has 0 saturated carbocycles. The maximum Gasteiger partial charge on any atom is 0.265 e. The van der Waals surface area contributed by atoms with Gasteiger partial charge in [-0.25, -0.2) is 0 Å². The van der Waals surface area contributed by atoms with Crippen LogP contribution in [0.3, 0.4) is 0 Å². The van der Waals surface area contributed by atoms with E-state index in [0.29, 0.717) is 40.2 Å². The highest BCUT2D eigenvalue weighted by atomic mass is 35.5. The summed E-state index contributed by atoms with van der Waals surface area (Å²) in [7, 11) is 0. The standard InChI is InChI=1S/C19H19ClN2O3/c1-12(2)10-22-16-9-15(6-7-17(16)25-11-18(22)23)21-19(24)13-4-3-5-14(20)8-13/h3-9,12H,10-11H2,1-2H3,(H,21,24). The van der Waals surface area contributed by atoms with Crippen LogP contribution in [0.2, 0.25) is 5.02 Å². The number of nitrogens with one attached hydrogen (secondary N) is 1. The van der Waals surface area contributed by atoms with Gasteiger partial charge in [0.1, 0.15) is 5.75 Å². The summed E-state index contributed by atoms with van der Waals surface area (Å²) in [5.41, 5.74) is 1.74. The van der Waals surface area contributed by atoms with Crippen molar-refractivity contribution in [3.63, 3.8) is 0 Å². The average molecular weight is 359 g/mol. The molecule has 0 spiro atoms. The molecule has 0 radical (unpaired) electrons. The number of rotatable bonds is 4. The number of fused-ring (bicyclic) bond motifs is 1. The van der Waals surface area contributed by atoms with Crippen molar-refractivity contribution >= 4 is 34.8 Å². The zero-order valence-corrected chi connectivity index (χ0v) is 14.8. The zero-order valence-electron chi connectivity index (χ0n) is 14.1. The Kier molecular flexibility index (Phi) is 4.95. The number of hydrogen-bond acceptors (Lipinski definition) is 3. The lowest BCUT2D eigenvalue weighted by atomic mass is 10.1. The van der Waals surface area contributed by atoms with Gasteiger partial charge in [0.25, 0.3) is 11.8 Å². The molecule has 0 fully saturated rings. The topological polar surface area (TPSA) is 58.6 Å². The van der Waals surface area contributed by atoms with Gasteiger partial charge < -0.3 is 15.0 Å². The number of ether oxygens (including phenoxy) is 1. The molecule has 2 aromatic rings. The molecule has 2 aromatic carbocycles. The second-order valence-electron chi connectivity index (χ2n) is 6.33. The highest BCUT2D eigenvalue weighted by Gasteiger charge is 2.26. The fraction of sp³-hybridized carbons (Fsp3) is 0.263. The first kappa shape index (κ1) is 17.3. The van der Waals surface area contributed by atoms with Gasteiger partial charge in [-0.3, -0.25) is 9.59 Å². The predicted octanol–water partition coefficient (Wildman–Crippen LogP) is 3.97. The molecule has 130 valence electrons. The Bertz CT molecular complexity index is 820. The number of anilines is 2. The van der Waals surface area contributed by atoms with Crippen molar-refractivity contribution in [2.75, 3.05) is 23.4 Å². The third-order valence-electron chi connectivity index (χ3n) is 3.79. The first-order valence-electron chi connectivity index (χ1n) is 8.08. The summed E-state index contributed by atoms with van der Waals surface area (Å²) < 4.78 is 5.49. The normalized spacial score (nSPS) is 13.4. The van der Waals surface area contributed by atoms with E-state index in [4.69, 9.17) is 16.3 Å². The molecule has 0 atom stereocenters. The smallest absolute Gasteiger partial charge is 0.265 e. The Morgan fingerprint density at radius 1 is 1.28 bits per heavy atom. The Morgan fingerprint density at radius 2 is 2.08 bits per heavy atom. The van der Waals surface area contributed by atoms with E-state index in [0.717, 1.165) is 0 Å². The van der Waals surface area contributed by atoms with Crippen molar-refractivity contribution < 1.29 is 14.3 Å². The second kappa shape index (κ2) is 7.15. The Hall–Kier alpha value is -2.53. The molecule has 1 aliphatic rings. The third-order valence-corrected chi connectivity index (χ3v) is 4.03. The van der Waals surface area contributed by atoms with Gasteiger partial charge in [-0.2, -0.15) is 0 Å². The summed E-state index contributed by atoms with van der Waals surface area (Å²) in [4.78, 5) is 26.3. The molecule has 1 aliphatic heterocycles. The molecular formula is C19H19ClN2O3. The number of benzene rings is 2. The van der Waals surface area contributed by atoms with Crippen LogP contribution < -0.4 is 15.0 Å². The Morgan fingerprint density at radius 3 is 2.80 bits per heavy atom. The van der Waals surface area contributed by atoms with Gasteiger partial charge in [0.15, 0.2) is 6.61 Å². The summed E-state index contributed by atoms with van der Waals surface area (Å²) >= 11 is 5.93. The number of hydrogen-bond donors (Lipinski definition) is 1. The van der Waals surface area contributed by atoms with Crippen LogP contribution >= 0.6 is 11.6 Å². The van der Waals surface area contributed by atoms with Crippen molar-refractivity contribution in [2.24, 2.45) is 5.92 Å². The van der Waals surface area contributed by atoms with Crippen LogP contribution in [0.25, 0.3) is 0 Å². The van der Waals surface area contributed by atoms with Gasteiger partial charge in [0.2, 0.25) is 0 Å². The van der Waals surface area contributed by atoms with Crippen LogP contribution in [0.4, 0.5) is 11.4 Å². The van der Waals surface area contributed by atoms with E-state index in [-0.39, 0.29) is 18.4 Å². The first-order valence-corrected chi connectivity index (χ1v) is 8.46. The van der Waals surface area contributed by atoms with Gasteiger partial charge in [-0.1, -0.05) is 31.5 Å². The van der Waals surface area contributed by atoms with Crippen molar-refractivity contribution in [3.8, 4) is 5.75 Å². The molecule has 0 aromatic heterocycles. The van der Waals surface area contributed by atoms with Crippen LogP contribution in [-0.2, 0) is 4.79 Å². The molecule has 1 heterocycles. The van der Waals surface area contributed by atoms with Crippen LogP contribution in [0, 0.1) is 5.92 Å². The molecule has 2 amide bonds. The van der Waals surface area contributed by atoms with E-state index in [2.05, 4.69) is 5.32 Å². The lowest BCUT2D eigenvalue weighted by Gasteiger charge is -2.31. The van der Waals surface area contributed by atoms with Gasteiger partial charge in [0, 0.05) is 22.8 Å². The van der Waals surface area contributed by atoms with Gasteiger partial charge in [0.05, 0.1) is 5.69 Å². The number of carbonyl (C=O) groups is 2. The van der Waals surface area contributed by atoms with E-state index in [1.165, 1.54) is 0 Å². The summed E-state index contributed by atoms with van der Waals surface area (Å²) in [5, 5.41) is 3.33. The van der Waals surface area contributed by atoms with Gasteiger partial charge in [-0.15, -0.1) is 0 Å². The Labute approximate surface area is 151 Å². The van der Waals surface area contributed by atoms with Crippen LogP contribution in [-0.4, -0.2) is 25.0 Å². The molecule has 1 N–H and O–H groups in total. The van der Waals surface area contributed by atoms with Crippen LogP contribution in [0.15, 0.2) is 42.5 Å². The van der Waals surface area contributed by atoms with E-state index in [1.807, 2.05) is 13.8 Å². The zero-order chi connectivity index (χ0) is 18.0. The van der Waals surface area contributed by atoms with E-state index < -0.39 is 0 Å². The summed E-state index contributed by atoms with van der Waals surface area (Å²) in [6.07, 6.45) is 0. The number of halogens is 1. The molecule has 3 rings (SSSR count). The molecule has 0 unspecified atom stereocenters. The average Bonchev–Trinajstić information content (AvgIpc) is 2.57. The lowest BCUT2D eigenvalue weighted by molar-refractivity contribution is -0.121. The van der Waals surface area contributed by atoms with Crippen LogP contribution in [0.5, 0.6) is 5.75 Å². The number of nitrogens with zero attached hydrogens (tertiary/aromatic N) is 1. The molecule has 5 nitrogen and oxygen atoms in total. The van der Waals surface area contributed by atoms with Crippen molar-refractivity contribution in [1.29, 1.82) is 0 Å². The molecule has 6 heteroatoms. The van der Waals surface area contributed by atoms with E-state index in [9.17, 15) is 9.59 Å². The molecule has 0 saturated heterocycles. The van der Waals surface area contributed by atoms with Crippen LogP contribution in [0.1, 0.15) is 24.2 Å².